The van der Waals surface area contributed by atoms with Crippen molar-refractivity contribution in [2.75, 3.05) is 30.7 Å². The van der Waals surface area contributed by atoms with Crippen molar-refractivity contribution in [3.63, 3.8) is 0 Å². The molecule has 0 aromatic heterocycles. The van der Waals surface area contributed by atoms with E-state index in [2.05, 4.69) is 17.1 Å². The minimum absolute atomic E-state index is 0.818. The lowest BCUT2D eigenvalue weighted by molar-refractivity contribution is 0.289. The van der Waals surface area contributed by atoms with Crippen molar-refractivity contribution in [2.24, 2.45) is 0 Å². The van der Waals surface area contributed by atoms with Crippen molar-refractivity contribution in [3.8, 4) is 0 Å². The van der Waals surface area contributed by atoms with Crippen LogP contribution in [0, 0.1) is 0 Å². The predicted octanol–water partition coefficient (Wildman–Crippen LogP) is 2.17. The molecule has 3 N–H and O–H groups in total. The third-order valence-electron chi connectivity index (χ3n) is 3.11. The minimum atomic E-state index is 0.818. The standard InChI is InChI=1S/C13H21N3/c1-2-16(13-7-8-13)10-9-15-12-5-3-11(14)4-6-12/h3-6,13,15H,2,7-10,14H2,1H3. The van der Waals surface area contributed by atoms with Crippen molar-refractivity contribution < 1.29 is 0 Å². The Morgan fingerprint density at radius 1 is 1.31 bits per heavy atom. The van der Waals surface area contributed by atoms with Gasteiger partial charge in [0.2, 0.25) is 0 Å². The van der Waals surface area contributed by atoms with Gasteiger partial charge in [-0.2, -0.15) is 0 Å². The second-order valence-corrected chi connectivity index (χ2v) is 4.41. The molecule has 1 saturated carbocycles. The highest BCUT2D eigenvalue weighted by Gasteiger charge is 2.26. The summed E-state index contributed by atoms with van der Waals surface area (Å²) in [4.78, 5) is 2.55. The number of benzene rings is 1. The smallest absolute Gasteiger partial charge is 0.0342 e. The average molecular weight is 219 g/mol. The van der Waals surface area contributed by atoms with Gasteiger partial charge in [0.1, 0.15) is 0 Å². The molecule has 1 aromatic carbocycles. The van der Waals surface area contributed by atoms with Gasteiger partial charge in [-0.25, -0.2) is 0 Å². The molecule has 1 aliphatic carbocycles. The van der Waals surface area contributed by atoms with E-state index in [-0.39, 0.29) is 0 Å². The monoisotopic (exact) mass is 219 g/mol. The Bertz CT molecular complexity index is 316. The van der Waals surface area contributed by atoms with Crippen LogP contribution in [0.15, 0.2) is 24.3 Å². The van der Waals surface area contributed by atoms with Crippen LogP contribution in [0.3, 0.4) is 0 Å². The van der Waals surface area contributed by atoms with Crippen molar-refractivity contribution in [1.82, 2.24) is 4.90 Å². The predicted molar refractivity (Wildman–Crippen MR) is 69.6 cm³/mol. The Hall–Kier alpha value is -1.22. The Labute approximate surface area is 97.6 Å². The highest BCUT2D eigenvalue weighted by Crippen LogP contribution is 2.25. The lowest BCUT2D eigenvalue weighted by Gasteiger charge is -2.20. The number of hydrogen-bond acceptors (Lipinski definition) is 3. The summed E-state index contributed by atoms with van der Waals surface area (Å²) < 4.78 is 0. The van der Waals surface area contributed by atoms with Crippen LogP contribution in [0.25, 0.3) is 0 Å². The van der Waals surface area contributed by atoms with Crippen molar-refractivity contribution in [1.29, 1.82) is 0 Å². The Kier molecular flexibility index (Phi) is 3.67. The molecular weight excluding hydrogens is 198 g/mol. The van der Waals surface area contributed by atoms with Crippen molar-refractivity contribution in [2.45, 2.75) is 25.8 Å². The molecule has 0 spiro atoms. The number of nitrogens with zero attached hydrogens (tertiary/aromatic N) is 1. The largest absolute Gasteiger partial charge is 0.399 e. The second-order valence-electron chi connectivity index (χ2n) is 4.41. The highest BCUT2D eigenvalue weighted by atomic mass is 15.2. The van der Waals surface area contributed by atoms with Gasteiger partial charge in [-0.1, -0.05) is 6.92 Å². The molecule has 1 aliphatic rings. The lowest BCUT2D eigenvalue weighted by atomic mass is 10.3. The second kappa shape index (κ2) is 5.21. The SMILES string of the molecule is CCN(CCNc1ccc(N)cc1)C1CC1. The molecule has 0 amide bonds. The zero-order chi connectivity index (χ0) is 11.4. The fourth-order valence-electron chi connectivity index (χ4n) is 1.98. The summed E-state index contributed by atoms with van der Waals surface area (Å²) >= 11 is 0. The molecule has 1 aromatic rings. The van der Waals surface area contributed by atoms with E-state index < -0.39 is 0 Å². The summed E-state index contributed by atoms with van der Waals surface area (Å²) in [7, 11) is 0. The molecule has 0 heterocycles. The van der Waals surface area contributed by atoms with Gasteiger partial charge in [0.25, 0.3) is 0 Å². The summed E-state index contributed by atoms with van der Waals surface area (Å²) in [5.74, 6) is 0. The molecule has 0 radical (unpaired) electrons. The summed E-state index contributed by atoms with van der Waals surface area (Å²) in [6.07, 6.45) is 2.77. The van der Waals surface area contributed by atoms with E-state index in [1.807, 2.05) is 24.3 Å². The molecule has 3 heteroatoms. The maximum atomic E-state index is 5.64. The van der Waals surface area contributed by atoms with Gasteiger partial charge in [0.05, 0.1) is 0 Å². The first kappa shape index (κ1) is 11.3. The van der Waals surface area contributed by atoms with Crippen LogP contribution in [0.5, 0.6) is 0 Å². The molecule has 0 unspecified atom stereocenters. The van der Waals surface area contributed by atoms with Gasteiger partial charge >= 0.3 is 0 Å². The number of nitrogens with two attached hydrogens (primary N) is 1. The highest BCUT2D eigenvalue weighted by molar-refractivity contribution is 5.51. The molecule has 1 fully saturated rings. The zero-order valence-electron chi connectivity index (χ0n) is 9.95. The van der Waals surface area contributed by atoms with Gasteiger partial charge in [0.15, 0.2) is 0 Å². The summed E-state index contributed by atoms with van der Waals surface area (Å²) in [5, 5.41) is 3.42. The maximum Gasteiger partial charge on any atom is 0.0342 e. The Balaban J connectivity index is 1.72. The van der Waals surface area contributed by atoms with E-state index in [1.54, 1.807) is 0 Å². The molecule has 3 nitrogen and oxygen atoms in total. The topological polar surface area (TPSA) is 41.3 Å². The average Bonchev–Trinajstić information content (AvgIpc) is 3.11. The first-order chi connectivity index (χ1) is 7.79. The zero-order valence-corrected chi connectivity index (χ0v) is 9.95. The fraction of sp³-hybridized carbons (Fsp3) is 0.538. The molecule has 0 aliphatic heterocycles. The van der Waals surface area contributed by atoms with Crippen molar-refractivity contribution >= 4 is 11.4 Å². The van der Waals surface area contributed by atoms with Crippen LogP contribution < -0.4 is 11.1 Å². The van der Waals surface area contributed by atoms with Crippen LogP contribution in [-0.2, 0) is 0 Å². The molecule has 16 heavy (non-hydrogen) atoms. The number of rotatable bonds is 6. The van der Waals surface area contributed by atoms with Gasteiger partial charge < -0.3 is 11.1 Å². The molecule has 2 rings (SSSR count). The van der Waals surface area contributed by atoms with E-state index in [0.29, 0.717) is 0 Å². The number of anilines is 2. The normalized spacial score (nSPS) is 15.4. The minimum Gasteiger partial charge on any atom is -0.399 e. The molecule has 88 valence electrons. The molecular formula is C13H21N3. The number of nitrogens with one attached hydrogen (secondary N) is 1. The molecule has 0 saturated heterocycles. The quantitative estimate of drug-likeness (QED) is 0.720. The summed E-state index contributed by atoms with van der Waals surface area (Å²) in [5.41, 5.74) is 7.61. The van der Waals surface area contributed by atoms with Crippen LogP contribution in [0.4, 0.5) is 11.4 Å². The van der Waals surface area contributed by atoms with E-state index >= 15 is 0 Å². The third-order valence-corrected chi connectivity index (χ3v) is 3.11. The van der Waals surface area contributed by atoms with E-state index in [9.17, 15) is 0 Å². The number of likely N-dealkylation sites (N-methyl/N-ethyl adjacent to an activating group) is 1. The van der Waals surface area contributed by atoms with Gasteiger partial charge in [-0.3, -0.25) is 4.90 Å². The van der Waals surface area contributed by atoms with Gasteiger partial charge in [-0.05, 0) is 43.7 Å². The van der Waals surface area contributed by atoms with Crippen LogP contribution >= 0.6 is 0 Å². The van der Waals surface area contributed by atoms with Crippen LogP contribution in [0.1, 0.15) is 19.8 Å². The first-order valence-electron chi connectivity index (χ1n) is 6.13. The Morgan fingerprint density at radius 3 is 2.56 bits per heavy atom. The molecule has 0 bridgehead atoms. The van der Waals surface area contributed by atoms with Crippen LogP contribution in [-0.4, -0.2) is 30.6 Å². The Morgan fingerprint density at radius 2 is 2.00 bits per heavy atom. The number of nitrogen functional groups attached to an aromatic ring is 1. The maximum absolute atomic E-state index is 5.64. The molecule has 0 atom stereocenters. The van der Waals surface area contributed by atoms with E-state index in [1.165, 1.54) is 12.8 Å². The first-order valence-corrected chi connectivity index (χ1v) is 6.13. The lowest BCUT2D eigenvalue weighted by Crippen LogP contribution is -2.30. The number of hydrogen-bond donors (Lipinski definition) is 2. The fourth-order valence-corrected chi connectivity index (χ4v) is 1.98. The van der Waals surface area contributed by atoms with Gasteiger partial charge in [0, 0.05) is 30.5 Å². The summed E-state index contributed by atoms with van der Waals surface area (Å²) in [6, 6.07) is 8.78. The van der Waals surface area contributed by atoms with Crippen LogP contribution in [0.2, 0.25) is 0 Å². The third kappa shape index (κ3) is 3.14. The van der Waals surface area contributed by atoms with E-state index in [0.717, 1.165) is 37.1 Å². The van der Waals surface area contributed by atoms with E-state index in [4.69, 9.17) is 5.73 Å². The summed E-state index contributed by atoms with van der Waals surface area (Å²) in [6.45, 7) is 5.54. The van der Waals surface area contributed by atoms with Gasteiger partial charge in [-0.15, -0.1) is 0 Å². The van der Waals surface area contributed by atoms with Crippen molar-refractivity contribution in [3.05, 3.63) is 24.3 Å².